The van der Waals surface area contributed by atoms with Crippen LogP contribution in [0.2, 0.25) is 0 Å². The third kappa shape index (κ3) is 2.00. The maximum atomic E-state index is 5.80. The average Bonchev–Trinajstić information content (AvgIpc) is 2.78. The lowest BCUT2D eigenvalue weighted by Gasteiger charge is -2.34. The summed E-state index contributed by atoms with van der Waals surface area (Å²) in [5.74, 6) is 1.19. The number of H-pyrrole nitrogens is 1. The molecule has 0 atom stereocenters. The van der Waals surface area contributed by atoms with Gasteiger partial charge in [-0.25, -0.2) is 4.98 Å². The Balaban J connectivity index is 1.58. The molecule has 3 rings (SSSR count). The highest BCUT2D eigenvalue weighted by molar-refractivity contribution is 5.17. The first-order valence-corrected chi connectivity index (χ1v) is 5.76. The number of nitrogens with one attached hydrogen (secondary N) is 1. The van der Waals surface area contributed by atoms with Crippen LogP contribution in [0.15, 0.2) is 24.7 Å². The van der Waals surface area contributed by atoms with E-state index < -0.39 is 0 Å². The van der Waals surface area contributed by atoms with E-state index in [0.29, 0.717) is 11.8 Å². The van der Waals surface area contributed by atoms with Crippen molar-refractivity contribution in [2.75, 3.05) is 0 Å². The fourth-order valence-corrected chi connectivity index (χ4v) is 2.08. The molecule has 5 nitrogen and oxygen atoms in total. The van der Waals surface area contributed by atoms with Crippen molar-refractivity contribution < 1.29 is 4.74 Å². The van der Waals surface area contributed by atoms with E-state index in [0.717, 1.165) is 18.5 Å². The Morgan fingerprint density at radius 1 is 1.24 bits per heavy atom. The first-order valence-electron chi connectivity index (χ1n) is 5.76. The molecule has 0 amide bonds. The molecule has 0 radical (unpaired) electrons. The molecular formula is C12H14N4O. The van der Waals surface area contributed by atoms with E-state index >= 15 is 0 Å². The minimum atomic E-state index is 0.249. The van der Waals surface area contributed by atoms with Gasteiger partial charge in [0.25, 0.3) is 0 Å². The van der Waals surface area contributed by atoms with Crippen molar-refractivity contribution in [3.05, 3.63) is 36.0 Å². The van der Waals surface area contributed by atoms with Crippen molar-refractivity contribution in [3.63, 3.8) is 0 Å². The normalized spacial score (nSPS) is 23.1. The van der Waals surface area contributed by atoms with E-state index in [1.165, 1.54) is 5.69 Å². The van der Waals surface area contributed by atoms with E-state index in [1.54, 1.807) is 18.6 Å². The maximum Gasteiger partial charge on any atom is 0.235 e. The Morgan fingerprint density at radius 2 is 2.06 bits per heavy atom. The van der Waals surface area contributed by atoms with Crippen LogP contribution >= 0.6 is 0 Å². The minimum Gasteiger partial charge on any atom is -0.473 e. The van der Waals surface area contributed by atoms with E-state index in [-0.39, 0.29) is 6.10 Å². The highest BCUT2D eigenvalue weighted by Gasteiger charge is 2.33. The second kappa shape index (κ2) is 4.16. The molecule has 2 aromatic rings. The van der Waals surface area contributed by atoms with Crippen LogP contribution in [-0.2, 0) is 0 Å². The van der Waals surface area contributed by atoms with E-state index in [9.17, 15) is 0 Å². The number of aromatic amines is 1. The van der Waals surface area contributed by atoms with Crippen molar-refractivity contribution in [1.82, 2.24) is 20.2 Å². The predicted molar refractivity (Wildman–Crippen MR) is 61.7 cm³/mol. The summed E-state index contributed by atoms with van der Waals surface area (Å²) in [7, 11) is 0. The van der Waals surface area contributed by atoms with Gasteiger partial charge in [-0.3, -0.25) is 10.1 Å². The van der Waals surface area contributed by atoms with Gasteiger partial charge in [-0.2, -0.15) is 5.10 Å². The lowest BCUT2D eigenvalue weighted by molar-refractivity contribution is 0.0907. The van der Waals surface area contributed by atoms with Crippen molar-refractivity contribution >= 4 is 0 Å². The van der Waals surface area contributed by atoms with Crippen LogP contribution in [0.1, 0.15) is 30.1 Å². The average molecular weight is 230 g/mol. The van der Waals surface area contributed by atoms with Gasteiger partial charge in [0.05, 0.1) is 5.69 Å². The van der Waals surface area contributed by atoms with Crippen LogP contribution in [0, 0.1) is 6.92 Å². The van der Waals surface area contributed by atoms with Gasteiger partial charge in [-0.15, -0.1) is 0 Å². The SMILES string of the molecule is Cc1nccnc1OC1CC(c2ccn[nH]2)C1. The number of nitrogens with zero attached hydrogens (tertiary/aromatic N) is 3. The molecule has 2 aromatic heterocycles. The molecule has 5 heteroatoms. The smallest absolute Gasteiger partial charge is 0.235 e. The Hall–Kier alpha value is -1.91. The van der Waals surface area contributed by atoms with Crippen LogP contribution in [-0.4, -0.2) is 26.3 Å². The number of ether oxygens (including phenoxy) is 1. The zero-order chi connectivity index (χ0) is 11.7. The second-order valence-electron chi connectivity index (χ2n) is 4.37. The summed E-state index contributed by atoms with van der Waals surface area (Å²) in [6.45, 7) is 1.91. The molecule has 1 N–H and O–H groups in total. The summed E-state index contributed by atoms with van der Waals surface area (Å²) in [5.41, 5.74) is 2.04. The van der Waals surface area contributed by atoms with Gasteiger partial charge in [-0.05, 0) is 25.8 Å². The zero-order valence-corrected chi connectivity index (χ0v) is 9.63. The summed E-state index contributed by atoms with van der Waals surface area (Å²) in [4.78, 5) is 8.34. The van der Waals surface area contributed by atoms with Crippen molar-refractivity contribution in [2.45, 2.75) is 31.8 Å². The van der Waals surface area contributed by atoms with Crippen LogP contribution in [0.3, 0.4) is 0 Å². The van der Waals surface area contributed by atoms with E-state index in [4.69, 9.17) is 4.74 Å². The Bertz CT molecular complexity index is 491. The molecule has 1 aliphatic carbocycles. The van der Waals surface area contributed by atoms with Crippen molar-refractivity contribution in [2.24, 2.45) is 0 Å². The standard InChI is InChI=1S/C12H14N4O/c1-8-12(14-5-4-13-8)17-10-6-9(7-10)11-2-3-15-16-11/h2-5,9-10H,6-7H2,1H3,(H,15,16). The lowest BCUT2D eigenvalue weighted by Crippen LogP contribution is -2.33. The van der Waals surface area contributed by atoms with Gasteiger partial charge in [0.1, 0.15) is 6.10 Å². The molecular weight excluding hydrogens is 216 g/mol. The topological polar surface area (TPSA) is 63.7 Å². The van der Waals surface area contributed by atoms with Crippen molar-refractivity contribution in [1.29, 1.82) is 0 Å². The third-order valence-electron chi connectivity index (χ3n) is 3.17. The van der Waals surface area contributed by atoms with Gasteiger partial charge < -0.3 is 4.74 Å². The van der Waals surface area contributed by atoms with Crippen LogP contribution < -0.4 is 4.74 Å². The largest absolute Gasteiger partial charge is 0.473 e. The molecule has 1 fully saturated rings. The first kappa shape index (κ1) is 10.3. The molecule has 0 aliphatic heterocycles. The van der Waals surface area contributed by atoms with Gasteiger partial charge in [0.15, 0.2) is 0 Å². The van der Waals surface area contributed by atoms with Gasteiger partial charge in [0.2, 0.25) is 5.88 Å². The second-order valence-corrected chi connectivity index (χ2v) is 4.37. The van der Waals surface area contributed by atoms with Crippen molar-refractivity contribution in [3.8, 4) is 5.88 Å². The number of rotatable bonds is 3. The number of hydrogen-bond acceptors (Lipinski definition) is 4. The summed E-state index contributed by atoms with van der Waals surface area (Å²) in [6, 6.07) is 2.02. The first-order chi connectivity index (χ1) is 8.33. The molecule has 2 heterocycles. The Morgan fingerprint density at radius 3 is 2.76 bits per heavy atom. The molecule has 0 bridgehead atoms. The summed E-state index contributed by atoms with van der Waals surface area (Å²) < 4.78 is 5.80. The molecule has 0 spiro atoms. The van der Waals surface area contributed by atoms with E-state index in [1.807, 2.05) is 13.0 Å². The van der Waals surface area contributed by atoms with Gasteiger partial charge in [-0.1, -0.05) is 0 Å². The molecule has 1 aliphatic rings. The Labute approximate surface area is 99.3 Å². The molecule has 88 valence electrons. The van der Waals surface area contributed by atoms with Crippen LogP contribution in [0.5, 0.6) is 5.88 Å². The highest BCUT2D eigenvalue weighted by atomic mass is 16.5. The Kier molecular flexibility index (Phi) is 2.51. The van der Waals surface area contributed by atoms with Gasteiger partial charge >= 0.3 is 0 Å². The van der Waals surface area contributed by atoms with E-state index in [2.05, 4.69) is 20.2 Å². The quantitative estimate of drug-likeness (QED) is 0.873. The summed E-state index contributed by atoms with van der Waals surface area (Å²) >= 11 is 0. The molecule has 17 heavy (non-hydrogen) atoms. The summed E-state index contributed by atoms with van der Waals surface area (Å²) in [6.07, 6.45) is 7.40. The highest BCUT2D eigenvalue weighted by Crippen LogP contribution is 2.37. The minimum absolute atomic E-state index is 0.249. The summed E-state index contributed by atoms with van der Waals surface area (Å²) in [5, 5.41) is 6.96. The predicted octanol–water partition coefficient (Wildman–Crippen LogP) is 1.83. The van der Waals surface area contributed by atoms with Gasteiger partial charge in [0, 0.05) is 30.2 Å². The molecule has 1 saturated carbocycles. The fourth-order valence-electron chi connectivity index (χ4n) is 2.08. The molecule has 0 unspecified atom stereocenters. The fraction of sp³-hybridized carbons (Fsp3) is 0.417. The number of hydrogen-bond donors (Lipinski definition) is 1. The zero-order valence-electron chi connectivity index (χ0n) is 9.63. The number of aromatic nitrogens is 4. The maximum absolute atomic E-state index is 5.80. The van der Waals surface area contributed by atoms with Crippen LogP contribution in [0.25, 0.3) is 0 Å². The van der Waals surface area contributed by atoms with Crippen LogP contribution in [0.4, 0.5) is 0 Å². The molecule has 0 saturated heterocycles. The molecule has 0 aromatic carbocycles. The number of aryl methyl sites for hydroxylation is 1. The lowest BCUT2D eigenvalue weighted by atomic mass is 9.80. The monoisotopic (exact) mass is 230 g/mol. The third-order valence-corrected chi connectivity index (χ3v) is 3.17.